The van der Waals surface area contributed by atoms with Crippen LogP contribution in [0.15, 0.2) is 54.6 Å². The molecule has 0 bridgehead atoms. The molecule has 1 atom stereocenters. The number of rotatable bonds is 8. The molecule has 0 saturated carbocycles. The largest absolute Gasteiger partial charge is 0.497 e. The normalized spacial score (nSPS) is 11.8. The van der Waals surface area contributed by atoms with Crippen LogP contribution in [-0.4, -0.2) is 19.2 Å². The standard InChI is InChI=1S/C20H25NO3/c1-15(2)24-20(22)14-13-19(16-7-5-4-6-8-16)21-17-9-11-18(23-3)12-10-17/h4-12,15,19,21H,13-14H2,1-3H3. The summed E-state index contributed by atoms with van der Waals surface area (Å²) in [5, 5.41) is 3.49. The van der Waals surface area contributed by atoms with Gasteiger partial charge in [0.05, 0.1) is 19.3 Å². The number of anilines is 1. The second-order valence-corrected chi connectivity index (χ2v) is 5.91. The smallest absolute Gasteiger partial charge is 0.306 e. The minimum Gasteiger partial charge on any atom is -0.497 e. The van der Waals surface area contributed by atoms with Crippen molar-refractivity contribution in [2.75, 3.05) is 12.4 Å². The number of hydrogen-bond donors (Lipinski definition) is 1. The van der Waals surface area contributed by atoms with Gasteiger partial charge in [0.1, 0.15) is 5.75 Å². The Morgan fingerprint density at radius 1 is 1.04 bits per heavy atom. The first kappa shape index (κ1) is 17.9. The molecule has 1 unspecified atom stereocenters. The number of ether oxygens (including phenoxy) is 2. The molecule has 0 fully saturated rings. The molecule has 2 rings (SSSR count). The highest BCUT2D eigenvalue weighted by atomic mass is 16.5. The summed E-state index contributed by atoms with van der Waals surface area (Å²) in [5.41, 5.74) is 2.13. The molecule has 1 N–H and O–H groups in total. The van der Waals surface area contributed by atoms with Crippen molar-refractivity contribution in [3.8, 4) is 5.75 Å². The average molecular weight is 327 g/mol. The van der Waals surface area contributed by atoms with Crippen molar-refractivity contribution in [1.29, 1.82) is 0 Å². The van der Waals surface area contributed by atoms with Gasteiger partial charge < -0.3 is 14.8 Å². The number of hydrogen-bond acceptors (Lipinski definition) is 4. The molecule has 128 valence electrons. The summed E-state index contributed by atoms with van der Waals surface area (Å²) in [6.07, 6.45) is 0.963. The number of nitrogens with one attached hydrogen (secondary N) is 1. The Labute approximate surface area is 143 Å². The molecule has 4 nitrogen and oxygen atoms in total. The van der Waals surface area contributed by atoms with Gasteiger partial charge >= 0.3 is 5.97 Å². The lowest BCUT2D eigenvalue weighted by atomic mass is 10.0. The summed E-state index contributed by atoms with van der Waals surface area (Å²) in [6, 6.07) is 17.9. The molecule has 0 radical (unpaired) electrons. The quantitative estimate of drug-likeness (QED) is 0.721. The molecule has 0 spiro atoms. The van der Waals surface area contributed by atoms with Gasteiger partial charge in [-0.1, -0.05) is 30.3 Å². The number of methoxy groups -OCH3 is 1. The van der Waals surface area contributed by atoms with E-state index in [4.69, 9.17) is 9.47 Å². The van der Waals surface area contributed by atoms with E-state index in [1.54, 1.807) is 7.11 Å². The lowest BCUT2D eigenvalue weighted by Gasteiger charge is -2.21. The van der Waals surface area contributed by atoms with E-state index in [-0.39, 0.29) is 18.1 Å². The number of benzene rings is 2. The highest BCUT2D eigenvalue weighted by Crippen LogP contribution is 2.25. The van der Waals surface area contributed by atoms with Gasteiger partial charge in [-0.25, -0.2) is 0 Å². The fourth-order valence-electron chi connectivity index (χ4n) is 2.48. The van der Waals surface area contributed by atoms with Crippen LogP contribution in [0.2, 0.25) is 0 Å². The maximum atomic E-state index is 11.9. The van der Waals surface area contributed by atoms with Crippen LogP contribution in [0.4, 0.5) is 5.69 Å². The van der Waals surface area contributed by atoms with Gasteiger partial charge in [-0.3, -0.25) is 4.79 Å². The average Bonchev–Trinajstić information content (AvgIpc) is 2.59. The van der Waals surface area contributed by atoms with E-state index < -0.39 is 0 Å². The van der Waals surface area contributed by atoms with E-state index in [9.17, 15) is 4.79 Å². The first-order valence-corrected chi connectivity index (χ1v) is 8.23. The van der Waals surface area contributed by atoms with E-state index in [2.05, 4.69) is 17.4 Å². The van der Waals surface area contributed by atoms with Crippen LogP contribution < -0.4 is 10.1 Å². The second-order valence-electron chi connectivity index (χ2n) is 5.91. The maximum absolute atomic E-state index is 11.9. The lowest BCUT2D eigenvalue weighted by molar-refractivity contribution is -0.147. The summed E-state index contributed by atoms with van der Waals surface area (Å²) in [6.45, 7) is 3.73. The van der Waals surface area contributed by atoms with Gasteiger partial charge in [0.2, 0.25) is 0 Å². The minimum absolute atomic E-state index is 0.0410. The Hall–Kier alpha value is -2.49. The third kappa shape index (κ3) is 5.61. The van der Waals surface area contributed by atoms with E-state index >= 15 is 0 Å². The van der Waals surface area contributed by atoms with Gasteiger partial charge in [0, 0.05) is 12.1 Å². The molecule has 2 aromatic rings. The second kappa shape index (κ2) is 8.96. The molecule has 0 aliphatic carbocycles. The van der Waals surface area contributed by atoms with Crippen molar-refractivity contribution in [1.82, 2.24) is 0 Å². The first-order valence-electron chi connectivity index (χ1n) is 8.23. The summed E-state index contributed by atoms with van der Waals surface area (Å²) in [5.74, 6) is 0.653. The molecule has 0 amide bonds. The van der Waals surface area contributed by atoms with Crippen molar-refractivity contribution in [3.05, 3.63) is 60.2 Å². The van der Waals surface area contributed by atoms with Crippen molar-refractivity contribution in [3.63, 3.8) is 0 Å². The van der Waals surface area contributed by atoms with E-state index in [0.29, 0.717) is 12.8 Å². The maximum Gasteiger partial charge on any atom is 0.306 e. The molecule has 0 heterocycles. The number of esters is 1. The molecular formula is C20H25NO3. The van der Waals surface area contributed by atoms with Gasteiger partial charge in [0.15, 0.2) is 0 Å². The fraction of sp³-hybridized carbons (Fsp3) is 0.350. The first-order chi connectivity index (χ1) is 11.6. The van der Waals surface area contributed by atoms with E-state index in [1.807, 2.05) is 56.3 Å². The molecule has 0 aliphatic heterocycles. The van der Waals surface area contributed by atoms with Crippen LogP contribution >= 0.6 is 0 Å². The number of carbonyl (C=O) groups is 1. The van der Waals surface area contributed by atoms with Crippen LogP contribution in [0.5, 0.6) is 5.75 Å². The third-order valence-electron chi connectivity index (χ3n) is 3.64. The molecule has 0 aromatic heterocycles. The van der Waals surface area contributed by atoms with Crippen molar-refractivity contribution >= 4 is 11.7 Å². The Morgan fingerprint density at radius 2 is 1.71 bits per heavy atom. The van der Waals surface area contributed by atoms with Crippen molar-refractivity contribution < 1.29 is 14.3 Å². The lowest BCUT2D eigenvalue weighted by Crippen LogP contribution is -2.16. The van der Waals surface area contributed by atoms with E-state index in [0.717, 1.165) is 17.0 Å². The summed E-state index contributed by atoms with van der Waals surface area (Å²) < 4.78 is 10.4. The van der Waals surface area contributed by atoms with Crippen LogP contribution in [0.1, 0.15) is 38.3 Å². The molecule has 0 aliphatic rings. The molecule has 0 saturated heterocycles. The van der Waals surface area contributed by atoms with Crippen LogP contribution in [0, 0.1) is 0 Å². The van der Waals surface area contributed by atoms with Gasteiger partial charge in [-0.2, -0.15) is 0 Å². The molecule has 24 heavy (non-hydrogen) atoms. The minimum atomic E-state index is -0.164. The van der Waals surface area contributed by atoms with Crippen LogP contribution in [0.25, 0.3) is 0 Å². The summed E-state index contributed by atoms with van der Waals surface area (Å²) >= 11 is 0. The van der Waals surface area contributed by atoms with Crippen molar-refractivity contribution in [2.24, 2.45) is 0 Å². The predicted molar refractivity (Wildman–Crippen MR) is 96.3 cm³/mol. The highest BCUT2D eigenvalue weighted by Gasteiger charge is 2.15. The Morgan fingerprint density at radius 3 is 2.29 bits per heavy atom. The number of carbonyl (C=O) groups excluding carboxylic acids is 1. The zero-order valence-electron chi connectivity index (χ0n) is 14.5. The summed E-state index contributed by atoms with van der Waals surface area (Å²) in [4.78, 5) is 11.9. The SMILES string of the molecule is COc1ccc(NC(CCC(=O)OC(C)C)c2ccccc2)cc1. The highest BCUT2D eigenvalue weighted by molar-refractivity contribution is 5.69. The zero-order chi connectivity index (χ0) is 17.4. The van der Waals surface area contributed by atoms with Crippen LogP contribution in [0.3, 0.4) is 0 Å². The summed E-state index contributed by atoms with van der Waals surface area (Å²) in [7, 11) is 1.65. The third-order valence-corrected chi connectivity index (χ3v) is 3.64. The Balaban J connectivity index is 2.06. The van der Waals surface area contributed by atoms with E-state index in [1.165, 1.54) is 0 Å². The van der Waals surface area contributed by atoms with Gasteiger partial charge in [0.25, 0.3) is 0 Å². The van der Waals surface area contributed by atoms with Crippen LogP contribution in [-0.2, 0) is 9.53 Å². The zero-order valence-corrected chi connectivity index (χ0v) is 14.5. The monoisotopic (exact) mass is 327 g/mol. The van der Waals surface area contributed by atoms with Crippen molar-refractivity contribution in [2.45, 2.75) is 38.8 Å². The Kier molecular flexibility index (Phi) is 6.67. The molecule has 4 heteroatoms. The van der Waals surface area contributed by atoms with Gasteiger partial charge in [-0.15, -0.1) is 0 Å². The topological polar surface area (TPSA) is 47.6 Å². The molecule has 2 aromatic carbocycles. The fourth-order valence-corrected chi connectivity index (χ4v) is 2.48. The van der Waals surface area contributed by atoms with Gasteiger partial charge in [-0.05, 0) is 50.1 Å². The Bertz CT molecular complexity index is 623. The molecular weight excluding hydrogens is 302 g/mol. The predicted octanol–water partition coefficient (Wildman–Crippen LogP) is 4.58.